The molecule has 0 radical (unpaired) electrons. The summed E-state index contributed by atoms with van der Waals surface area (Å²) in [5.41, 5.74) is 3.06. The molecule has 0 atom stereocenters. The topological polar surface area (TPSA) is 42.9 Å². The van der Waals surface area contributed by atoms with E-state index in [4.69, 9.17) is 0 Å². The van der Waals surface area contributed by atoms with Crippen molar-refractivity contribution in [3.63, 3.8) is 0 Å². The second-order valence-electron chi connectivity index (χ2n) is 5.17. The molecule has 98 valence electrons. The molecule has 0 spiro atoms. The number of hydrogen-bond donors (Lipinski definition) is 0. The van der Waals surface area contributed by atoms with Crippen LogP contribution in [0.4, 0.5) is 0 Å². The van der Waals surface area contributed by atoms with Gasteiger partial charge < -0.3 is 0 Å². The molecule has 1 aromatic heterocycles. The number of benzene rings is 1. The highest BCUT2D eigenvalue weighted by atomic mass is 16.1. The van der Waals surface area contributed by atoms with E-state index in [-0.39, 0.29) is 5.78 Å². The lowest BCUT2D eigenvalue weighted by Gasteiger charge is -2.07. The molecule has 2 aromatic rings. The predicted octanol–water partition coefficient (Wildman–Crippen LogP) is 3.21. The van der Waals surface area contributed by atoms with Crippen molar-refractivity contribution in [1.82, 2.24) is 9.97 Å². The number of nitrogens with zero attached hydrogens (tertiary/aromatic N) is 2. The Morgan fingerprint density at radius 1 is 1.21 bits per heavy atom. The van der Waals surface area contributed by atoms with Crippen molar-refractivity contribution in [1.29, 1.82) is 0 Å². The Hall–Kier alpha value is -2.03. The van der Waals surface area contributed by atoms with Crippen LogP contribution in [-0.4, -0.2) is 15.8 Å². The summed E-state index contributed by atoms with van der Waals surface area (Å²) in [4.78, 5) is 20.5. The number of carbonyl (C=O) groups is 1. The fraction of sp³-hybridized carbons (Fsp3) is 0.312. The number of aromatic nitrogens is 2. The smallest absolute Gasteiger partial charge is 0.212 e. The molecular weight excluding hydrogens is 236 g/mol. The van der Waals surface area contributed by atoms with E-state index >= 15 is 0 Å². The van der Waals surface area contributed by atoms with Crippen LogP contribution in [0.2, 0.25) is 0 Å². The lowest BCUT2D eigenvalue weighted by atomic mass is 9.99. The number of hydrogen-bond acceptors (Lipinski definition) is 3. The quantitative estimate of drug-likeness (QED) is 0.787. The normalized spacial score (nSPS) is 10.7. The van der Waals surface area contributed by atoms with Gasteiger partial charge in [0.25, 0.3) is 0 Å². The lowest BCUT2D eigenvalue weighted by Crippen LogP contribution is -2.06. The van der Waals surface area contributed by atoms with Crippen LogP contribution in [0, 0.1) is 12.8 Å². The molecule has 2 rings (SSSR count). The first kappa shape index (κ1) is 13.4. The van der Waals surface area contributed by atoms with Gasteiger partial charge in [-0.15, -0.1) is 0 Å². The van der Waals surface area contributed by atoms with E-state index in [2.05, 4.69) is 29.9 Å². The molecule has 0 aliphatic rings. The maximum absolute atomic E-state index is 12.3. The molecule has 0 fully saturated rings. The van der Waals surface area contributed by atoms with Gasteiger partial charge in [0.15, 0.2) is 0 Å². The SMILES string of the molecule is Cc1cnc(C(=O)c2cccc(CC(C)C)c2)cn1. The summed E-state index contributed by atoms with van der Waals surface area (Å²) in [6, 6.07) is 7.75. The molecule has 0 unspecified atom stereocenters. The van der Waals surface area contributed by atoms with Gasteiger partial charge in [-0.3, -0.25) is 9.78 Å². The van der Waals surface area contributed by atoms with Crippen molar-refractivity contribution in [2.24, 2.45) is 5.92 Å². The third kappa shape index (κ3) is 3.47. The minimum absolute atomic E-state index is 0.0712. The molecule has 1 aromatic carbocycles. The van der Waals surface area contributed by atoms with Crippen molar-refractivity contribution in [3.05, 3.63) is 59.2 Å². The largest absolute Gasteiger partial charge is 0.287 e. The zero-order chi connectivity index (χ0) is 13.8. The van der Waals surface area contributed by atoms with Crippen LogP contribution >= 0.6 is 0 Å². The molecule has 0 amide bonds. The summed E-state index contributed by atoms with van der Waals surface area (Å²) in [7, 11) is 0. The monoisotopic (exact) mass is 254 g/mol. The summed E-state index contributed by atoms with van der Waals surface area (Å²) in [6.07, 6.45) is 4.12. The number of carbonyl (C=O) groups excluding carboxylic acids is 1. The Labute approximate surface area is 113 Å². The second-order valence-corrected chi connectivity index (χ2v) is 5.17. The Morgan fingerprint density at radius 3 is 2.63 bits per heavy atom. The average molecular weight is 254 g/mol. The highest BCUT2D eigenvalue weighted by Crippen LogP contribution is 2.13. The first-order valence-electron chi connectivity index (χ1n) is 6.48. The zero-order valence-corrected chi connectivity index (χ0v) is 11.6. The third-order valence-corrected chi connectivity index (χ3v) is 2.85. The summed E-state index contributed by atoms with van der Waals surface area (Å²) in [5, 5.41) is 0. The van der Waals surface area contributed by atoms with E-state index in [0.717, 1.165) is 12.1 Å². The van der Waals surface area contributed by atoms with Crippen LogP contribution in [0.25, 0.3) is 0 Å². The van der Waals surface area contributed by atoms with Gasteiger partial charge in [0.05, 0.1) is 11.9 Å². The van der Waals surface area contributed by atoms with Gasteiger partial charge in [0.1, 0.15) is 5.69 Å². The van der Waals surface area contributed by atoms with E-state index in [1.54, 1.807) is 6.20 Å². The number of aryl methyl sites for hydroxylation is 1. The van der Waals surface area contributed by atoms with Crippen LogP contribution in [0.3, 0.4) is 0 Å². The van der Waals surface area contributed by atoms with Crippen molar-refractivity contribution in [3.8, 4) is 0 Å². The van der Waals surface area contributed by atoms with Crippen molar-refractivity contribution < 1.29 is 4.79 Å². The van der Waals surface area contributed by atoms with Crippen LogP contribution < -0.4 is 0 Å². The van der Waals surface area contributed by atoms with E-state index < -0.39 is 0 Å². The number of rotatable bonds is 4. The van der Waals surface area contributed by atoms with Crippen LogP contribution in [-0.2, 0) is 6.42 Å². The van der Waals surface area contributed by atoms with E-state index in [1.807, 2.05) is 25.1 Å². The fourth-order valence-corrected chi connectivity index (χ4v) is 1.97. The average Bonchev–Trinajstić information content (AvgIpc) is 2.38. The minimum atomic E-state index is -0.0712. The first-order valence-corrected chi connectivity index (χ1v) is 6.48. The van der Waals surface area contributed by atoms with Gasteiger partial charge in [0, 0.05) is 11.8 Å². The van der Waals surface area contributed by atoms with Gasteiger partial charge >= 0.3 is 0 Å². The van der Waals surface area contributed by atoms with Crippen LogP contribution in [0.5, 0.6) is 0 Å². The number of ketones is 1. The maximum Gasteiger partial charge on any atom is 0.212 e. The van der Waals surface area contributed by atoms with Crippen molar-refractivity contribution >= 4 is 5.78 Å². The predicted molar refractivity (Wildman–Crippen MR) is 75.2 cm³/mol. The maximum atomic E-state index is 12.3. The van der Waals surface area contributed by atoms with Crippen molar-refractivity contribution in [2.45, 2.75) is 27.2 Å². The van der Waals surface area contributed by atoms with Gasteiger partial charge in [-0.2, -0.15) is 0 Å². The third-order valence-electron chi connectivity index (χ3n) is 2.85. The Morgan fingerprint density at radius 2 is 2.00 bits per heavy atom. The molecule has 1 heterocycles. The Kier molecular flexibility index (Phi) is 4.05. The molecule has 0 N–H and O–H groups in total. The summed E-state index contributed by atoms with van der Waals surface area (Å²) in [6.45, 7) is 6.18. The standard InChI is InChI=1S/C16H18N2O/c1-11(2)7-13-5-4-6-14(8-13)16(19)15-10-17-12(3)9-18-15/h4-6,8-11H,7H2,1-3H3. The molecule has 3 nitrogen and oxygen atoms in total. The summed E-state index contributed by atoms with van der Waals surface area (Å²) >= 11 is 0. The summed E-state index contributed by atoms with van der Waals surface area (Å²) in [5.74, 6) is 0.502. The molecule has 19 heavy (non-hydrogen) atoms. The lowest BCUT2D eigenvalue weighted by molar-refractivity contribution is 0.103. The molecule has 3 heteroatoms. The molecule has 0 saturated heterocycles. The van der Waals surface area contributed by atoms with E-state index in [1.165, 1.54) is 11.8 Å². The van der Waals surface area contributed by atoms with Crippen molar-refractivity contribution in [2.75, 3.05) is 0 Å². The van der Waals surface area contributed by atoms with Gasteiger partial charge in [-0.25, -0.2) is 4.98 Å². The van der Waals surface area contributed by atoms with Crippen LogP contribution in [0.15, 0.2) is 36.7 Å². The van der Waals surface area contributed by atoms with Gasteiger partial charge in [-0.05, 0) is 30.9 Å². The highest BCUT2D eigenvalue weighted by molar-refractivity contribution is 6.07. The van der Waals surface area contributed by atoms with E-state index in [0.29, 0.717) is 17.2 Å². The zero-order valence-electron chi connectivity index (χ0n) is 11.6. The van der Waals surface area contributed by atoms with Gasteiger partial charge in [-0.1, -0.05) is 32.0 Å². The molecule has 0 aliphatic carbocycles. The minimum Gasteiger partial charge on any atom is -0.287 e. The van der Waals surface area contributed by atoms with Gasteiger partial charge in [0.2, 0.25) is 5.78 Å². The molecule has 0 saturated carbocycles. The van der Waals surface area contributed by atoms with E-state index in [9.17, 15) is 4.79 Å². The first-order chi connectivity index (χ1) is 9.06. The molecule has 0 aliphatic heterocycles. The molecular formula is C16H18N2O. The summed E-state index contributed by atoms with van der Waals surface area (Å²) < 4.78 is 0. The molecule has 0 bridgehead atoms. The van der Waals surface area contributed by atoms with Crippen LogP contribution in [0.1, 0.15) is 41.2 Å². The Balaban J connectivity index is 2.26. The fourth-order valence-electron chi connectivity index (χ4n) is 1.97. The highest BCUT2D eigenvalue weighted by Gasteiger charge is 2.11. The second kappa shape index (κ2) is 5.74. The Bertz CT molecular complexity index is 574.